The van der Waals surface area contributed by atoms with E-state index in [0.717, 1.165) is 53.3 Å². The van der Waals surface area contributed by atoms with Crippen LogP contribution in [0.15, 0.2) is 88.9 Å². The molecule has 0 aliphatic carbocycles. The van der Waals surface area contributed by atoms with Crippen molar-refractivity contribution in [2.24, 2.45) is 0 Å². The van der Waals surface area contributed by atoms with Crippen LogP contribution in [-0.4, -0.2) is 45.5 Å². The average molecular weight is 651 g/mol. The molecule has 2 atom stereocenters. The zero-order valence-electron chi connectivity index (χ0n) is 27.5. The van der Waals surface area contributed by atoms with Gasteiger partial charge in [0.1, 0.15) is 28.1 Å². The number of ether oxygens (including phenoxy) is 3. The Balaban J connectivity index is 1.86. The van der Waals surface area contributed by atoms with E-state index < -0.39 is 22.6 Å². The van der Waals surface area contributed by atoms with E-state index in [1.807, 2.05) is 75.6 Å². The van der Waals surface area contributed by atoms with E-state index in [4.69, 9.17) is 14.2 Å². The quantitative estimate of drug-likeness (QED) is 0.0841. The van der Waals surface area contributed by atoms with E-state index >= 15 is 4.21 Å². The average Bonchev–Trinajstić information content (AvgIpc) is 3.12. The maximum Gasteiger partial charge on any atom is 0.334 e. The zero-order valence-corrected chi connectivity index (χ0v) is 29.1. The Bertz CT molecular complexity index is 1490. The van der Waals surface area contributed by atoms with Gasteiger partial charge in [-0.1, -0.05) is 57.0 Å². The third-order valence-electron chi connectivity index (χ3n) is 7.92. The first-order valence-electron chi connectivity index (χ1n) is 15.5. The molecule has 9 heteroatoms. The number of para-hydroxylation sites is 1. The first-order valence-corrected chi connectivity index (χ1v) is 17.8. The molecule has 7 nitrogen and oxygen atoms in total. The largest absolute Gasteiger partial charge is 0.497 e. The molecule has 0 bridgehead atoms. The molecule has 1 aliphatic rings. The number of carbonyl (C=O) groups is 1. The molecule has 0 N–H and O–H groups in total. The van der Waals surface area contributed by atoms with Gasteiger partial charge in [-0.05, 0) is 75.8 Å². The van der Waals surface area contributed by atoms with Crippen LogP contribution in [0.5, 0.6) is 11.5 Å². The van der Waals surface area contributed by atoms with Gasteiger partial charge in [0, 0.05) is 24.8 Å². The first kappa shape index (κ1) is 34.6. The predicted molar refractivity (Wildman–Crippen MR) is 185 cm³/mol. The summed E-state index contributed by atoms with van der Waals surface area (Å²) in [4.78, 5) is 16.2. The Morgan fingerprint density at radius 3 is 2.38 bits per heavy atom. The number of benzene rings is 3. The second kappa shape index (κ2) is 15.3. The summed E-state index contributed by atoms with van der Waals surface area (Å²) in [5.41, 5.74) is 2.00. The lowest BCUT2D eigenvalue weighted by Crippen LogP contribution is -2.53. The van der Waals surface area contributed by atoms with Gasteiger partial charge in [-0.25, -0.2) is 13.3 Å². The highest BCUT2D eigenvalue weighted by atomic mass is 32.2. The molecule has 1 heterocycles. The molecular formula is C36H46N2O5S2. The lowest BCUT2D eigenvalue weighted by atomic mass is 9.88. The van der Waals surface area contributed by atoms with Crippen LogP contribution in [0.3, 0.4) is 0 Å². The van der Waals surface area contributed by atoms with E-state index in [1.54, 1.807) is 18.9 Å². The van der Waals surface area contributed by atoms with Gasteiger partial charge in [-0.15, -0.1) is 11.8 Å². The fourth-order valence-electron chi connectivity index (χ4n) is 5.52. The summed E-state index contributed by atoms with van der Waals surface area (Å²) in [5, 5.41) is 0. The Hall–Kier alpha value is -3.27. The van der Waals surface area contributed by atoms with Gasteiger partial charge in [-0.3, -0.25) is 0 Å². The Morgan fingerprint density at radius 1 is 1.07 bits per heavy atom. The number of unbranched alkanes of at least 4 members (excludes halogenated alkanes) is 1. The summed E-state index contributed by atoms with van der Waals surface area (Å²) in [6, 6.07) is 22.3. The number of hydrogen-bond acceptors (Lipinski definition) is 7. The van der Waals surface area contributed by atoms with Crippen molar-refractivity contribution in [1.29, 1.82) is 0 Å². The van der Waals surface area contributed by atoms with Crippen LogP contribution < -0.4 is 14.4 Å². The number of thioether (sulfide) groups is 1. The fourth-order valence-corrected chi connectivity index (χ4v) is 7.75. The van der Waals surface area contributed by atoms with Gasteiger partial charge in [-0.2, -0.15) is 0 Å². The highest BCUT2D eigenvalue weighted by Gasteiger charge is 2.44. The molecular weight excluding hydrogens is 605 g/mol. The van der Waals surface area contributed by atoms with Gasteiger partial charge < -0.3 is 19.1 Å². The summed E-state index contributed by atoms with van der Waals surface area (Å²) in [7, 11) is 0.121. The smallest absolute Gasteiger partial charge is 0.334 e. The maximum absolute atomic E-state index is 15.0. The van der Waals surface area contributed by atoms with Crippen molar-refractivity contribution in [2.75, 3.05) is 24.8 Å². The van der Waals surface area contributed by atoms with Crippen molar-refractivity contribution in [3.63, 3.8) is 0 Å². The van der Waals surface area contributed by atoms with Crippen LogP contribution >= 0.6 is 11.8 Å². The maximum atomic E-state index is 15.0. The van der Waals surface area contributed by atoms with Crippen LogP contribution in [0.25, 0.3) is 0 Å². The monoisotopic (exact) mass is 650 g/mol. The molecule has 3 aromatic carbocycles. The lowest BCUT2D eigenvalue weighted by Gasteiger charge is -2.43. The molecule has 45 heavy (non-hydrogen) atoms. The number of esters is 1. The first-order chi connectivity index (χ1) is 21.5. The molecule has 1 aliphatic heterocycles. The van der Waals surface area contributed by atoms with Crippen LogP contribution in [0, 0.1) is 0 Å². The van der Waals surface area contributed by atoms with Crippen LogP contribution in [-0.2, 0) is 27.1 Å². The molecule has 242 valence electrons. The van der Waals surface area contributed by atoms with Crippen LogP contribution in [0.1, 0.15) is 65.9 Å². The molecule has 2 unspecified atom stereocenters. The summed E-state index contributed by atoms with van der Waals surface area (Å²) in [6.07, 6.45) is 8.39. The summed E-state index contributed by atoms with van der Waals surface area (Å²) >= 11 is 1.54. The number of methoxy groups -OCH3 is 1. The summed E-state index contributed by atoms with van der Waals surface area (Å²) in [5.74, 6) is 0.829. The third-order valence-corrected chi connectivity index (χ3v) is 10.3. The molecule has 3 aromatic rings. The minimum Gasteiger partial charge on any atom is -0.497 e. The summed E-state index contributed by atoms with van der Waals surface area (Å²) in [6.45, 7) is 11.1. The Kier molecular flexibility index (Phi) is 11.8. The van der Waals surface area contributed by atoms with Crippen molar-refractivity contribution in [2.45, 2.75) is 87.8 Å². The minimum atomic E-state index is -1.54. The van der Waals surface area contributed by atoms with Gasteiger partial charge in [0.05, 0.1) is 40.5 Å². The number of hydrogen-bond donors (Lipinski definition) is 0. The number of fused-ring (bicyclic) bond motifs is 1. The Labute approximate surface area is 275 Å². The SMILES string of the molecule is CCCCC1(CC)CN(c2ccccc2)c2cc(SC)c(O/C=C/C(=O)OC(C)(C)C)cc2S(=O)N1Cc1ccc(OC)cc1. The third kappa shape index (κ3) is 8.51. The molecule has 4 rings (SSSR count). The van der Waals surface area contributed by atoms with E-state index in [-0.39, 0.29) is 5.54 Å². The van der Waals surface area contributed by atoms with Crippen molar-refractivity contribution in [1.82, 2.24) is 4.31 Å². The van der Waals surface area contributed by atoms with Crippen molar-refractivity contribution < 1.29 is 23.2 Å². The molecule has 0 spiro atoms. The van der Waals surface area contributed by atoms with E-state index in [0.29, 0.717) is 23.7 Å². The van der Waals surface area contributed by atoms with Crippen molar-refractivity contribution in [3.05, 3.63) is 84.6 Å². The fraction of sp³-hybridized carbons (Fsp3) is 0.417. The van der Waals surface area contributed by atoms with Gasteiger partial charge in [0.15, 0.2) is 0 Å². The second-order valence-electron chi connectivity index (χ2n) is 12.2. The van der Waals surface area contributed by atoms with Crippen LogP contribution in [0.2, 0.25) is 0 Å². The minimum absolute atomic E-state index is 0.382. The van der Waals surface area contributed by atoms with Crippen molar-refractivity contribution >= 4 is 40.1 Å². The standard InChI is InChI=1S/C36H46N2O5S2/c1-8-10-21-36(9-2)26-37(28-14-12-11-13-15-28)30-23-32(44-7)31(42-22-20-34(39)43-35(3,4)5)24-33(30)45(40)38(36)25-27-16-18-29(41-6)19-17-27/h11-20,22-24H,8-10,21,25-26H2,1-7H3/b22-20+. The number of nitrogens with zero attached hydrogens (tertiary/aromatic N) is 2. The summed E-state index contributed by atoms with van der Waals surface area (Å²) < 4.78 is 34.0. The Morgan fingerprint density at radius 2 is 1.78 bits per heavy atom. The van der Waals surface area contributed by atoms with E-state index in [2.05, 4.69) is 41.3 Å². The molecule has 0 radical (unpaired) electrons. The van der Waals surface area contributed by atoms with E-state index in [1.165, 1.54) is 12.3 Å². The lowest BCUT2D eigenvalue weighted by molar-refractivity contribution is -0.148. The number of carbonyl (C=O) groups excluding carboxylic acids is 1. The highest BCUT2D eigenvalue weighted by Crippen LogP contribution is 2.46. The van der Waals surface area contributed by atoms with Gasteiger partial charge >= 0.3 is 5.97 Å². The van der Waals surface area contributed by atoms with E-state index in [9.17, 15) is 4.79 Å². The highest BCUT2D eigenvalue weighted by molar-refractivity contribution is 7.98. The molecule has 0 saturated heterocycles. The number of anilines is 2. The molecule has 0 amide bonds. The molecule has 0 aromatic heterocycles. The number of rotatable bonds is 12. The topological polar surface area (TPSA) is 68.3 Å². The normalized spacial score (nSPS) is 18.8. The van der Waals surface area contributed by atoms with Gasteiger partial charge in [0.25, 0.3) is 0 Å². The zero-order chi connectivity index (χ0) is 32.6. The second-order valence-corrected chi connectivity index (χ2v) is 14.4. The predicted octanol–water partition coefficient (Wildman–Crippen LogP) is 8.67. The van der Waals surface area contributed by atoms with Crippen LogP contribution in [0.4, 0.5) is 11.4 Å². The molecule has 0 saturated carbocycles. The molecule has 0 fully saturated rings. The van der Waals surface area contributed by atoms with Gasteiger partial charge in [0.2, 0.25) is 0 Å². The van der Waals surface area contributed by atoms with Crippen molar-refractivity contribution in [3.8, 4) is 11.5 Å².